The van der Waals surface area contributed by atoms with Gasteiger partial charge >= 0.3 is 6.18 Å². The van der Waals surface area contributed by atoms with E-state index in [-0.39, 0.29) is 23.6 Å². The molecule has 1 aliphatic rings. The summed E-state index contributed by atoms with van der Waals surface area (Å²) in [6.45, 7) is 0. The van der Waals surface area contributed by atoms with E-state index in [2.05, 4.69) is 15.7 Å². The first-order valence-corrected chi connectivity index (χ1v) is 9.82. The number of rotatable bonds is 6. The summed E-state index contributed by atoms with van der Waals surface area (Å²) in [5, 5.41) is 9.50. The maximum Gasteiger partial charge on any atom is 0.410 e. The molecule has 176 valence electrons. The number of amides is 1. The zero-order valence-corrected chi connectivity index (χ0v) is 17.9. The van der Waals surface area contributed by atoms with E-state index in [9.17, 15) is 18.0 Å². The first-order chi connectivity index (χ1) is 15.7. The monoisotopic (exact) mass is 466 g/mol. The Morgan fingerprint density at radius 2 is 1.88 bits per heavy atom. The third-order valence-corrected chi connectivity index (χ3v) is 5.23. The molecular weight excluding hydrogens is 445 g/mol. The molecule has 2 aromatic heterocycles. The number of nitrogens with zero attached hydrogens (tertiary/aromatic N) is 2. The van der Waals surface area contributed by atoms with Crippen LogP contribution in [-0.4, -0.2) is 43.2 Å². The summed E-state index contributed by atoms with van der Waals surface area (Å²) in [6.07, 6.45) is -3.51. The van der Waals surface area contributed by atoms with Crippen LogP contribution in [0.3, 0.4) is 0 Å². The van der Waals surface area contributed by atoms with Crippen LogP contribution >= 0.6 is 0 Å². The number of fused-ring (bicyclic) bond motifs is 1. The molecule has 2 atom stereocenters. The van der Waals surface area contributed by atoms with E-state index in [1.807, 2.05) is 0 Å². The SMILES string of the molecule is COc1cc(NC(=O)c2cc3n(n2)[C@@H](C(F)(F)F)C[C@H](c2ccco2)N3)cc(OC)c1OC. The Bertz CT molecular complexity index is 1120. The fraction of sp³-hybridized carbons (Fsp3) is 0.333. The Morgan fingerprint density at radius 1 is 1.18 bits per heavy atom. The molecule has 9 nitrogen and oxygen atoms in total. The Hall–Kier alpha value is -3.83. The smallest absolute Gasteiger partial charge is 0.410 e. The molecule has 3 aromatic rings. The van der Waals surface area contributed by atoms with Crippen molar-refractivity contribution in [1.82, 2.24) is 9.78 Å². The molecule has 0 saturated carbocycles. The topological polar surface area (TPSA) is 99.8 Å². The summed E-state index contributed by atoms with van der Waals surface area (Å²) in [5.41, 5.74) is 0.0925. The van der Waals surface area contributed by atoms with Crippen molar-refractivity contribution in [2.45, 2.75) is 24.7 Å². The van der Waals surface area contributed by atoms with Crippen molar-refractivity contribution in [1.29, 1.82) is 0 Å². The number of hydrogen-bond donors (Lipinski definition) is 2. The highest BCUT2D eigenvalue weighted by atomic mass is 19.4. The Balaban J connectivity index is 1.63. The van der Waals surface area contributed by atoms with Crippen LogP contribution in [0.5, 0.6) is 17.2 Å². The fourth-order valence-electron chi connectivity index (χ4n) is 3.71. The maximum absolute atomic E-state index is 13.8. The molecule has 2 N–H and O–H groups in total. The number of halogens is 3. The van der Waals surface area contributed by atoms with Gasteiger partial charge in [-0.25, -0.2) is 4.68 Å². The second-order valence-corrected chi connectivity index (χ2v) is 7.23. The molecule has 0 unspecified atom stereocenters. The minimum Gasteiger partial charge on any atom is -0.493 e. The second kappa shape index (κ2) is 8.60. The average molecular weight is 466 g/mol. The third kappa shape index (κ3) is 4.28. The van der Waals surface area contributed by atoms with Crippen molar-refractivity contribution in [3.63, 3.8) is 0 Å². The predicted octanol–water partition coefficient (Wildman–Crippen LogP) is 4.41. The molecule has 12 heteroatoms. The van der Waals surface area contributed by atoms with Crippen molar-refractivity contribution in [3.05, 3.63) is 48.0 Å². The highest BCUT2D eigenvalue weighted by molar-refractivity contribution is 6.03. The number of ether oxygens (including phenoxy) is 3. The first kappa shape index (κ1) is 22.4. The number of aromatic nitrogens is 2. The van der Waals surface area contributed by atoms with Crippen molar-refractivity contribution in [2.24, 2.45) is 0 Å². The Kier molecular flexibility index (Phi) is 5.83. The third-order valence-electron chi connectivity index (χ3n) is 5.23. The summed E-state index contributed by atoms with van der Waals surface area (Å²) >= 11 is 0. The number of methoxy groups -OCH3 is 3. The van der Waals surface area contributed by atoms with Crippen molar-refractivity contribution in [3.8, 4) is 17.2 Å². The molecule has 0 saturated heterocycles. The van der Waals surface area contributed by atoms with Crippen LogP contribution < -0.4 is 24.8 Å². The van der Waals surface area contributed by atoms with Gasteiger partial charge in [0.25, 0.3) is 5.91 Å². The van der Waals surface area contributed by atoms with Gasteiger partial charge in [0, 0.05) is 30.3 Å². The van der Waals surface area contributed by atoms with Crippen LogP contribution in [0.1, 0.15) is 34.8 Å². The number of furan rings is 1. The summed E-state index contributed by atoms with van der Waals surface area (Å²) in [7, 11) is 4.28. The normalized spacial score (nSPS) is 17.6. The summed E-state index contributed by atoms with van der Waals surface area (Å²) in [5.74, 6) is 0.646. The Morgan fingerprint density at radius 3 is 2.42 bits per heavy atom. The van der Waals surface area contributed by atoms with E-state index in [0.717, 1.165) is 4.68 Å². The van der Waals surface area contributed by atoms with Crippen molar-refractivity contribution in [2.75, 3.05) is 32.0 Å². The number of alkyl halides is 3. The van der Waals surface area contributed by atoms with Crippen LogP contribution in [0.25, 0.3) is 0 Å². The minimum absolute atomic E-state index is 0.0556. The van der Waals surface area contributed by atoms with Crippen LogP contribution in [-0.2, 0) is 0 Å². The highest BCUT2D eigenvalue weighted by Crippen LogP contribution is 2.44. The second-order valence-electron chi connectivity index (χ2n) is 7.23. The fourth-order valence-corrected chi connectivity index (χ4v) is 3.71. The molecule has 4 rings (SSSR count). The van der Waals surface area contributed by atoms with Gasteiger partial charge in [-0.05, 0) is 12.1 Å². The quantitative estimate of drug-likeness (QED) is 0.555. The van der Waals surface area contributed by atoms with Crippen LogP contribution in [0.15, 0.2) is 41.0 Å². The van der Waals surface area contributed by atoms with Crippen molar-refractivity contribution < 1.29 is 36.6 Å². The highest BCUT2D eigenvalue weighted by Gasteiger charge is 2.47. The molecule has 0 radical (unpaired) electrons. The van der Waals surface area contributed by atoms with E-state index in [1.165, 1.54) is 45.8 Å². The lowest BCUT2D eigenvalue weighted by Gasteiger charge is -2.32. The van der Waals surface area contributed by atoms with Crippen LogP contribution in [0, 0.1) is 0 Å². The molecule has 3 heterocycles. The van der Waals surface area contributed by atoms with E-state index < -0.39 is 24.2 Å². The van der Waals surface area contributed by atoms with Gasteiger partial charge in [-0.15, -0.1) is 0 Å². The molecule has 0 bridgehead atoms. The lowest BCUT2D eigenvalue weighted by atomic mass is 10.0. The molecule has 1 amide bonds. The van der Waals surface area contributed by atoms with Gasteiger partial charge in [0.1, 0.15) is 11.6 Å². The summed E-state index contributed by atoms with van der Waals surface area (Å²) in [6, 6.07) is 4.81. The molecule has 33 heavy (non-hydrogen) atoms. The van der Waals surface area contributed by atoms with Gasteiger partial charge in [0.15, 0.2) is 23.2 Å². The van der Waals surface area contributed by atoms with Crippen LogP contribution in [0.2, 0.25) is 0 Å². The van der Waals surface area contributed by atoms with E-state index in [1.54, 1.807) is 12.1 Å². The zero-order chi connectivity index (χ0) is 23.8. The van der Waals surface area contributed by atoms with Gasteiger partial charge in [-0.1, -0.05) is 0 Å². The molecule has 0 spiro atoms. The molecule has 1 aliphatic heterocycles. The number of nitrogens with one attached hydrogen (secondary N) is 2. The average Bonchev–Trinajstić information content (AvgIpc) is 3.46. The summed E-state index contributed by atoms with van der Waals surface area (Å²) in [4.78, 5) is 12.8. The molecular formula is C21H21F3N4O5. The number of anilines is 2. The molecule has 0 fully saturated rings. The lowest BCUT2D eigenvalue weighted by molar-refractivity contribution is -0.174. The van der Waals surface area contributed by atoms with E-state index in [0.29, 0.717) is 23.0 Å². The van der Waals surface area contributed by atoms with Gasteiger partial charge in [-0.2, -0.15) is 18.3 Å². The molecule has 1 aromatic carbocycles. The predicted molar refractivity (Wildman–Crippen MR) is 111 cm³/mol. The maximum atomic E-state index is 13.8. The van der Waals surface area contributed by atoms with Crippen LogP contribution in [0.4, 0.5) is 24.7 Å². The number of carbonyl (C=O) groups is 1. The lowest BCUT2D eigenvalue weighted by Crippen LogP contribution is -2.35. The van der Waals surface area contributed by atoms with Gasteiger partial charge < -0.3 is 29.3 Å². The van der Waals surface area contributed by atoms with Gasteiger partial charge in [0.2, 0.25) is 5.75 Å². The molecule has 0 aliphatic carbocycles. The van der Waals surface area contributed by atoms with Gasteiger partial charge in [0.05, 0.1) is 33.6 Å². The van der Waals surface area contributed by atoms with E-state index in [4.69, 9.17) is 18.6 Å². The Labute approximate surface area is 186 Å². The first-order valence-electron chi connectivity index (χ1n) is 9.82. The largest absolute Gasteiger partial charge is 0.493 e. The summed E-state index contributed by atoms with van der Waals surface area (Å²) < 4.78 is 63.1. The van der Waals surface area contributed by atoms with Crippen molar-refractivity contribution >= 4 is 17.4 Å². The number of hydrogen-bond acceptors (Lipinski definition) is 7. The minimum atomic E-state index is -4.57. The zero-order valence-electron chi connectivity index (χ0n) is 17.9. The van der Waals surface area contributed by atoms with Gasteiger partial charge in [-0.3, -0.25) is 4.79 Å². The standard InChI is InChI=1S/C21H21F3N4O5/c1-30-15-7-11(8-16(31-2)19(15)32-3)25-20(29)13-10-18-26-12(14-5-4-6-33-14)9-17(21(22,23)24)28(18)27-13/h4-8,10,12,17,26H,9H2,1-3H3,(H,25,29)/t12-,17-/m1/s1. The number of benzene rings is 1. The van der Waals surface area contributed by atoms with E-state index >= 15 is 0 Å². The number of carbonyl (C=O) groups excluding carboxylic acids is 1.